The number of nitrogens with one attached hydrogen (secondary N) is 3. The Morgan fingerprint density at radius 3 is 2.28 bits per heavy atom. The second-order valence-electron chi connectivity index (χ2n) is 15.9. The summed E-state index contributed by atoms with van der Waals surface area (Å²) >= 11 is 0.975. The first-order valence-electron chi connectivity index (χ1n) is 18.3. The van der Waals surface area contributed by atoms with Gasteiger partial charge in [0.25, 0.3) is 15.9 Å². The lowest BCUT2D eigenvalue weighted by Gasteiger charge is -2.36. The molecule has 2 aliphatic carbocycles. The molecule has 4 aliphatic rings. The Bertz CT molecular complexity index is 2000. The fourth-order valence-electron chi connectivity index (χ4n) is 8.23. The van der Waals surface area contributed by atoms with Gasteiger partial charge in [-0.05, 0) is 77.3 Å². The molecule has 53 heavy (non-hydrogen) atoms. The molecule has 0 unspecified atom stereocenters. The van der Waals surface area contributed by atoms with Gasteiger partial charge in [-0.25, -0.2) is 17.9 Å². The Morgan fingerprint density at radius 1 is 1.02 bits per heavy atom. The summed E-state index contributed by atoms with van der Waals surface area (Å²) in [5.41, 5.74) is 0.0242. The summed E-state index contributed by atoms with van der Waals surface area (Å²) in [6, 6.07) is 13.2. The van der Waals surface area contributed by atoms with Gasteiger partial charge in [0, 0.05) is 31.6 Å². The molecule has 3 aromatic rings. The van der Waals surface area contributed by atoms with Crippen LogP contribution in [0.4, 0.5) is 4.79 Å². The molecular weight excluding hydrogens is 715 g/mol. The van der Waals surface area contributed by atoms with Crippen LogP contribution < -0.4 is 15.4 Å². The Hall–Kier alpha value is -4.27. The van der Waals surface area contributed by atoms with E-state index in [1.165, 1.54) is 22.4 Å². The van der Waals surface area contributed by atoms with Gasteiger partial charge in [-0.3, -0.25) is 19.3 Å². The number of sulfonamides is 1. The number of thiophene rings is 1. The molecule has 1 aromatic heterocycles. The molecule has 12 nitrogen and oxygen atoms in total. The number of rotatable bonds is 10. The van der Waals surface area contributed by atoms with E-state index in [0.717, 1.165) is 53.5 Å². The number of nitrogens with zero attached hydrogens (tertiary/aromatic N) is 2. The van der Waals surface area contributed by atoms with Crippen molar-refractivity contribution in [3.05, 3.63) is 77.7 Å². The highest BCUT2D eigenvalue weighted by Gasteiger charge is 2.61. The third-order valence-electron chi connectivity index (χ3n) is 11.2. The van der Waals surface area contributed by atoms with Crippen molar-refractivity contribution >= 4 is 55.9 Å². The molecule has 14 heteroatoms. The minimum Gasteiger partial charge on any atom is -0.446 e. The van der Waals surface area contributed by atoms with Crippen molar-refractivity contribution in [3.8, 4) is 0 Å². The molecule has 0 spiro atoms. The Labute approximate surface area is 314 Å². The number of hydrogen-bond acceptors (Lipinski definition) is 9. The van der Waals surface area contributed by atoms with Crippen molar-refractivity contribution in [3.63, 3.8) is 0 Å². The summed E-state index contributed by atoms with van der Waals surface area (Å²) in [4.78, 5) is 59.8. The normalized spacial score (nSPS) is 25.1. The minimum atomic E-state index is -4.17. The summed E-state index contributed by atoms with van der Waals surface area (Å²) in [6.45, 7) is 10.8. The van der Waals surface area contributed by atoms with Crippen molar-refractivity contribution in [2.75, 3.05) is 6.54 Å². The van der Waals surface area contributed by atoms with E-state index in [-0.39, 0.29) is 35.7 Å². The molecular formula is C39H47N5O7S2. The smallest absolute Gasteiger partial charge is 0.408 e. The maximum atomic E-state index is 14.7. The lowest BCUT2D eigenvalue weighted by atomic mass is 9.85. The number of carbonyl (C=O) groups excluding carboxylic acids is 4. The molecule has 1 saturated heterocycles. The van der Waals surface area contributed by atoms with E-state index in [2.05, 4.69) is 51.1 Å². The maximum absolute atomic E-state index is 14.7. The predicted molar refractivity (Wildman–Crippen MR) is 201 cm³/mol. The van der Waals surface area contributed by atoms with Crippen LogP contribution in [0.15, 0.2) is 70.8 Å². The maximum Gasteiger partial charge on any atom is 0.408 e. The molecule has 2 aliphatic heterocycles. The number of benzene rings is 2. The van der Waals surface area contributed by atoms with Crippen LogP contribution in [0.25, 0.3) is 10.8 Å². The van der Waals surface area contributed by atoms with Gasteiger partial charge in [0.15, 0.2) is 0 Å². The molecule has 0 radical (unpaired) electrons. The largest absolute Gasteiger partial charge is 0.446 e. The summed E-state index contributed by atoms with van der Waals surface area (Å²) in [7, 11) is -4.17. The number of ether oxygens (including phenoxy) is 1. The Kier molecular flexibility index (Phi) is 9.92. The number of likely N-dealkylation sites (tertiary alicyclic amines) is 1. The van der Waals surface area contributed by atoms with Crippen LogP contribution in [0.2, 0.25) is 0 Å². The first kappa shape index (κ1) is 37.1. The van der Waals surface area contributed by atoms with Crippen LogP contribution >= 0.6 is 11.3 Å². The number of hydrogen-bond donors (Lipinski definition) is 3. The third-order valence-corrected chi connectivity index (χ3v) is 13.9. The molecule has 282 valence electrons. The van der Waals surface area contributed by atoms with Crippen molar-refractivity contribution in [1.82, 2.24) is 25.2 Å². The van der Waals surface area contributed by atoms with Gasteiger partial charge in [-0.15, -0.1) is 17.9 Å². The van der Waals surface area contributed by atoms with Crippen molar-refractivity contribution in [2.45, 2.75) is 106 Å². The zero-order valence-electron chi connectivity index (χ0n) is 30.3. The van der Waals surface area contributed by atoms with Gasteiger partial charge < -0.3 is 20.3 Å². The molecule has 2 aromatic carbocycles. The average Bonchev–Trinajstić information content (AvgIpc) is 3.63. The predicted octanol–water partition coefficient (Wildman–Crippen LogP) is 4.84. The third kappa shape index (κ3) is 7.33. The molecule has 3 fully saturated rings. The minimum absolute atomic E-state index is 0.0236. The molecule has 3 heterocycles. The molecule has 0 bridgehead atoms. The van der Waals surface area contributed by atoms with E-state index in [1.807, 2.05) is 32.9 Å². The second kappa shape index (κ2) is 14.2. The van der Waals surface area contributed by atoms with Crippen LogP contribution in [0.5, 0.6) is 0 Å². The van der Waals surface area contributed by atoms with E-state index in [0.29, 0.717) is 13.1 Å². The Morgan fingerprint density at radius 2 is 1.70 bits per heavy atom. The number of amides is 4. The molecule has 3 N–H and O–H groups in total. The van der Waals surface area contributed by atoms with E-state index < -0.39 is 62.8 Å². The lowest BCUT2D eigenvalue weighted by Crippen LogP contribution is -2.60. The highest BCUT2D eigenvalue weighted by Crippen LogP contribution is 2.45. The quantitative estimate of drug-likeness (QED) is 0.248. The summed E-state index contributed by atoms with van der Waals surface area (Å²) in [6.07, 6.45) is 4.60. The van der Waals surface area contributed by atoms with E-state index in [4.69, 9.17) is 4.74 Å². The van der Waals surface area contributed by atoms with Crippen LogP contribution in [-0.2, 0) is 42.2 Å². The first-order chi connectivity index (χ1) is 25.2. The molecule has 7 rings (SSSR count). The van der Waals surface area contributed by atoms with Gasteiger partial charge in [-0.2, -0.15) is 0 Å². The standard InChI is InChI=1S/C39H47N5O7S2/c1-5-27-20-39(27,36(47)42-53(49,50)31-17-10-18-52-31)41-34(45)30-19-28(43-21-25-13-8-11-24-12-9-14-26(22-43)32(24)25)23-44(30)35(46)33(38(2,3)4)40-37(48)51-29-15-6-7-16-29/h5,8-14,17-18,27-30,33H,1,6-7,15-16,19-23H2,2-4H3,(H,40,48)(H,41,45)(H,42,47)/t27-,28-,30+,33-,39-/m1/s1. The zero-order valence-corrected chi connectivity index (χ0v) is 31.9. The monoisotopic (exact) mass is 761 g/mol. The van der Waals surface area contributed by atoms with Crippen LogP contribution in [0.1, 0.15) is 70.4 Å². The summed E-state index contributed by atoms with van der Waals surface area (Å²) in [5.74, 6) is -2.38. The zero-order chi connectivity index (χ0) is 37.7. The van der Waals surface area contributed by atoms with Gasteiger partial charge in [0.1, 0.15) is 27.9 Å². The topological polar surface area (TPSA) is 154 Å². The number of carbonyl (C=O) groups is 4. The van der Waals surface area contributed by atoms with Gasteiger partial charge >= 0.3 is 6.09 Å². The highest BCUT2D eigenvalue weighted by molar-refractivity contribution is 7.92. The van der Waals surface area contributed by atoms with E-state index in [9.17, 15) is 27.6 Å². The van der Waals surface area contributed by atoms with Crippen molar-refractivity contribution in [1.29, 1.82) is 0 Å². The molecule has 5 atom stereocenters. The van der Waals surface area contributed by atoms with Crippen molar-refractivity contribution in [2.24, 2.45) is 11.3 Å². The number of alkyl carbamates (subject to hydrolysis) is 1. The Balaban J connectivity index is 1.16. The average molecular weight is 762 g/mol. The SMILES string of the molecule is C=C[C@@H]1C[C@]1(NC(=O)[C@@H]1C[C@@H](N2Cc3cccc4cccc(c34)C2)CN1C(=O)[C@@H](NC(=O)OC1CCCC1)C(C)(C)C)C(=O)NS(=O)(=O)c1cccs1. The summed E-state index contributed by atoms with van der Waals surface area (Å²) < 4.78 is 33.9. The van der Waals surface area contributed by atoms with Crippen LogP contribution in [-0.4, -0.2) is 78.3 Å². The summed E-state index contributed by atoms with van der Waals surface area (Å²) in [5, 5.41) is 9.69. The van der Waals surface area contributed by atoms with Crippen LogP contribution in [0, 0.1) is 11.3 Å². The van der Waals surface area contributed by atoms with Gasteiger partial charge in [-0.1, -0.05) is 69.3 Å². The van der Waals surface area contributed by atoms with Crippen LogP contribution in [0.3, 0.4) is 0 Å². The van der Waals surface area contributed by atoms with E-state index in [1.54, 1.807) is 11.4 Å². The van der Waals surface area contributed by atoms with Crippen molar-refractivity contribution < 1.29 is 32.3 Å². The second-order valence-corrected chi connectivity index (χ2v) is 18.7. The fraction of sp³-hybridized carbons (Fsp3) is 0.487. The highest BCUT2D eigenvalue weighted by atomic mass is 32.2. The first-order valence-corrected chi connectivity index (χ1v) is 20.6. The van der Waals surface area contributed by atoms with E-state index >= 15 is 0 Å². The lowest BCUT2D eigenvalue weighted by molar-refractivity contribution is -0.142. The molecule has 4 amide bonds. The molecule has 2 saturated carbocycles. The fourth-order valence-corrected chi connectivity index (χ4v) is 10.3. The van der Waals surface area contributed by atoms with Gasteiger partial charge in [0.2, 0.25) is 11.8 Å². The van der Waals surface area contributed by atoms with Gasteiger partial charge in [0.05, 0.1) is 0 Å².